The highest BCUT2D eigenvalue weighted by Gasteiger charge is 2.33. The molecule has 0 spiro atoms. The van der Waals surface area contributed by atoms with Crippen molar-refractivity contribution in [2.75, 3.05) is 0 Å². The van der Waals surface area contributed by atoms with Crippen LogP contribution in [0.15, 0.2) is 30.6 Å². The van der Waals surface area contributed by atoms with E-state index >= 15 is 0 Å². The fourth-order valence-corrected chi connectivity index (χ4v) is 2.44. The Kier molecular flexibility index (Phi) is 3.68. The van der Waals surface area contributed by atoms with Crippen molar-refractivity contribution in [2.24, 2.45) is 0 Å². The predicted octanol–water partition coefficient (Wildman–Crippen LogP) is 3.52. The molecule has 0 saturated heterocycles. The molecule has 0 aliphatic heterocycles. The topological polar surface area (TPSA) is 49.0 Å². The first-order valence-corrected chi connectivity index (χ1v) is 7.14. The summed E-state index contributed by atoms with van der Waals surface area (Å²) < 4.78 is 0. The number of carbonyl (C=O) groups excluding carboxylic acids is 1. The number of amides is 1. The molecule has 0 radical (unpaired) electrons. The van der Waals surface area contributed by atoms with E-state index in [0.717, 1.165) is 18.4 Å². The van der Waals surface area contributed by atoms with Crippen LogP contribution in [-0.2, 0) is 6.54 Å². The van der Waals surface area contributed by atoms with Crippen molar-refractivity contribution in [3.05, 3.63) is 51.8 Å². The maximum absolute atomic E-state index is 12.5. The summed E-state index contributed by atoms with van der Waals surface area (Å²) in [5.74, 6) is -0.00711. The molecule has 1 aromatic carbocycles. The molecule has 1 N–H and O–H groups in total. The van der Waals surface area contributed by atoms with E-state index in [1.54, 1.807) is 18.5 Å². The Balaban J connectivity index is 1.81. The van der Waals surface area contributed by atoms with Gasteiger partial charge in [0.15, 0.2) is 0 Å². The van der Waals surface area contributed by atoms with Gasteiger partial charge in [-0.05, 0) is 30.5 Å². The van der Waals surface area contributed by atoms with Gasteiger partial charge in [-0.3, -0.25) is 9.89 Å². The number of aromatic amines is 1. The minimum Gasteiger partial charge on any atom is -0.331 e. The number of aromatic nitrogens is 2. The summed E-state index contributed by atoms with van der Waals surface area (Å²) in [4.78, 5) is 14.3. The molecular formula is C14H13Cl2N3O. The second kappa shape index (κ2) is 5.46. The smallest absolute Gasteiger partial charge is 0.257 e. The lowest BCUT2D eigenvalue weighted by Gasteiger charge is -2.22. The van der Waals surface area contributed by atoms with Crippen molar-refractivity contribution in [1.82, 2.24) is 15.1 Å². The van der Waals surface area contributed by atoms with Gasteiger partial charge in [-0.25, -0.2) is 0 Å². The summed E-state index contributed by atoms with van der Waals surface area (Å²) >= 11 is 11.9. The van der Waals surface area contributed by atoms with Crippen molar-refractivity contribution in [3.63, 3.8) is 0 Å². The molecule has 104 valence electrons. The van der Waals surface area contributed by atoms with Crippen LogP contribution in [0.5, 0.6) is 0 Å². The maximum atomic E-state index is 12.5. The van der Waals surface area contributed by atoms with Gasteiger partial charge in [-0.2, -0.15) is 5.10 Å². The molecule has 1 aliphatic rings. The Morgan fingerprint density at radius 3 is 2.75 bits per heavy atom. The van der Waals surface area contributed by atoms with E-state index in [2.05, 4.69) is 10.2 Å². The second-order valence-electron chi connectivity index (χ2n) is 4.90. The molecule has 0 atom stereocenters. The number of hydrogen-bond acceptors (Lipinski definition) is 2. The summed E-state index contributed by atoms with van der Waals surface area (Å²) in [5, 5.41) is 7.53. The van der Waals surface area contributed by atoms with Crippen LogP contribution in [-0.4, -0.2) is 27.0 Å². The Bertz CT molecular complexity index is 623. The molecule has 1 saturated carbocycles. The molecule has 1 aliphatic carbocycles. The van der Waals surface area contributed by atoms with Crippen molar-refractivity contribution in [2.45, 2.75) is 25.4 Å². The molecule has 2 aromatic rings. The highest BCUT2D eigenvalue weighted by Crippen LogP contribution is 2.31. The molecule has 3 rings (SSSR count). The van der Waals surface area contributed by atoms with Crippen LogP contribution in [0.4, 0.5) is 0 Å². The van der Waals surface area contributed by atoms with E-state index in [4.69, 9.17) is 23.2 Å². The van der Waals surface area contributed by atoms with E-state index in [1.165, 1.54) is 0 Å². The van der Waals surface area contributed by atoms with Crippen LogP contribution in [0.1, 0.15) is 28.8 Å². The normalized spacial score (nSPS) is 14.3. The Labute approximate surface area is 126 Å². The molecule has 4 nitrogen and oxygen atoms in total. The number of hydrogen-bond donors (Lipinski definition) is 1. The molecule has 0 bridgehead atoms. The first-order valence-electron chi connectivity index (χ1n) is 6.39. The zero-order chi connectivity index (χ0) is 14.1. The van der Waals surface area contributed by atoms with Gasteiger partial charge in [-0.1, -0.05) is 29.3 Å². The van der Waals surface area contributed by atoms with Crippen molar-refractivity contribution >= 4 is 29.1 Å². The SMILES string of the molecule is O=C(c1cn[nH]c1)N(Cc1ccc(Cl)c(Cl)c1)C1CC1. The van der Waals surface area contributed by atoms with E-state index in [1.807, 2.05) is 17.0 Å². The number of benzene rings is 1. The van der Waals surface area contributed by atoms with Gasteiger partial charge in [0.2, 0.25) is 0 Å². The van der Waals surface area contributed by atoms with Gasteiger partial charge >= 0.3 is 0 Å². The first kappa shape index (κ1) is 13.5. The lowest BCUT2D eigenvalue weighted by Crippen LogP contribution is -2.32. The molecule has 0 unspecified atom stereocenters. The fourth-order valence-electron chi connectivity index (χ4n) is 2.12. The molecule has 20 heavy (non-hydrogen) atoms. The number of halogens is 2. The molecule has 1 aromatic heterocycles. The third-order valence-electron chi connectivity index (χ3n) is 3.33. The predicted molar refractivity (Wildman–Crippen MR) is 77.9 cm³/mol. The Morgan fingerprint density at radius 1 is 1.35 bits per heavy atom. The average Bonchev–Trinajstić information content (AvgIpc) is 3.13. The van der Waals surface area contributed by atoms with E-state index < -0.39 is 0 Å². The summed E-state index contributed by atoms with van der Waals surface area (Å²) in [6.07, 6.45) is 5.26. The van der Waals surface area contributed by atoms with Crippen molar-refractivity contribution in [3.8, 4) is 0 Å². The van der Waals surface area contributed by atoms with Crippen molar-refractivity contribution < 1.29 is 4.79 Å². The zero-order valence-corrected chi connectivity index (χ0v) is 12.2. The van der Waals surface area contributed by atoms with Gasteiger partial charge in [0.05, 0.1) is 21.8 Å². The number of nitrogens with zero attached hydrogens (tertiary/aromatic N) is 2. The molecular weight excluding hydrogens is 297 g/mol. The van der Waals surface area contributed by atoms with E-state index in [-0.39, 0.29) is 5.91 Å². The van der Waals surface area contributed by atoms with Gasteiger partial charge in [0.25, 0.3) is 5.91 Å². The molecule has 1 heterocycles. The van der Waals surface area contributed by atoms with E-state index in [0.29, 0.717) is 28.2 Å². The largest absolute Gasteiger partial charge is 0.331 e. The maximum Gasteiger partial charge on any atom is 0.257 e. The highest BCUT2D eigenvalue weighted by molar-refractivity contribution is 6.42. The average molecular weight is 310 g/mol. The quantitative estimate of drug-likeness (QED) is 0.939. The molecule has 1 fully saturated rings. The van der Waals surface area contributed by atoms with E-state index in [9.17, 15) is 4.79 Å². The minimum atomic E-state index is -0.00711. The summed E-state index contributed by atoms with van der Waals surface area (Å²) in [7, 11) is 0. The summed E-state index contributed by atoms with van der Waals surface area (Å²) in [6.45, 7) is 0.533. The highest BCUT2D eigenvalue weighted by atomic mass is 35.5. The molecule has 1 amide bonds. The lowest BCUT2D eigenvalue weighted by atomic mass is 10.2. The standard InChI is InChI=1S/C14H13Cl2N3O/c15-12-4-1-9(5-13(12)16)8-19(11-2-3-11)14(20)10-6-17-18-7-10/h1,4-7,11H,2-3,8H2,(H,17,18). The number of rotatable bonds is 4. The number of nitrogens with one attached hydrogen (secondary N) is 1. The third-order valence-corrected chi connectivity index (χ3v) is 4.07. The van der Waals surface area contributed by atoms with Crippen LogP contribution < -0.4 is 0 Å². The fraction of sp³-hybridized carbons (Fsp3) is 0.286. The number of H-pyrrole nitrogens is 1. The summed E-state index contributed by atoms with van der Waals surface area (Å²) in [5.41, 5.74) is 1.56. The minimum absolute atomic E-state index is 0.00711. The van der Waals surface area contributed by atoms with Crippen LogP contribution in [0.25, 0.3) is 0 Å². The van der Waals surface area contributed by atoms with Gasteiger partial charge in [0, 0.05) is 18.8 Å². The Morgan fingerprint density at radius 2 is 2.15 bits per heavy atom. The Hall–Kier alpha value is -1.52. The van der Waals surface area contributed by atoms with Crippen LogP contribution in [0.3, 0.4) is 0 Å². The summed E-state index contributed by atoms with van der Waals surface area (Å²) in [6, 6.07) is 5.77. The van der Waals surface area contributed by atoms with Crippen LogP contribution >= 0.6 is 23.2 Å². The zero-order valence-electron chi connectivity index (χ0n) is 10.6. The monoisotopic (exact) mass is 309 g/mol. The number of carbonyl (C=O) groups is 1. The van der Waals surface area contributed by atoms with Gasteiger partial charge in [0.1, 0.15) is 0 Å². The molecule has 6 heteroatoms. The lowest BCUT2D eigenvalue weighted by molar-refractivity contribution is 0.0730. The third kappa shape index (κ3) is 2.81. The van der Waals surface area contributed by atoms with Crippen LogP contribution in [0.2, 0.25) is 10.0 Å². The van der Waals surface area contributed by atoms with Gasteiger partial charge < -0.3 is 4.90 Å². The van der Waals surface area contributed by atoms with Crippen LogP contribution in [0, 0.1) is 0 Å². The second-order valence-corrected chi connectivity index (χ2v) is 5.71. The first-order chi connectivity index (χ1) is 9.65. The van der Waals surface area contributed by atoms with Crippen molar-refractivity contribution in [1.29, 1.82) is 0 Å². The van der Waals surface area contributed by atoms with Gasteiger partial charge in [-0.15, -0.1) is 0 Å².